The molecule has 0 aliphatic heterocycles. The zero-order valence-corrected chi connectivity index (χ0v) is 15.4. The van der Waals surface area contributed by atoms with Gasteiger partial charge >= 0.3 is 6.55 Å². The van der Waals surface area contributed by atoms with E-state index >= 15 is 0 Å². The molecule has 0 bridgehead atoms. The van der Waals surface area contributed by atoms with Gasteiger partial charge in [0, 0.05) is 13.0 Å². The van der Waals surface area contributed by atoms with E-state index in [0.29, 0.717) is 20.5 Å². The lowest BCUT2D eigenvalue weighted by atomic mass is 10.3. The number of imidazole rings is 1. The second-order valence-corrected chi connectivity index (χ2v) is 8.10. The van der Waals surface area contributed by atoms with Crippen LogP contribution >= 0.6 is 23.1 Å². The lowest BCUT2D eigenvalue weighted by Crippen LogP contribution is -2.30. The van der Waals surface area contributed by atoms with Crippen LogP contribution in [0.1, 0.15) is 32.1 Å². The van der Waals surface area contributed by atoms with E-state index in [1.165, 1.54) is 30.0 Å². The summed E-state index contributed by atoms with van der Waals surface area (Å²) in [6.45, 7) is -1.15. The number of carbonyl (C=O) groups is 1. The van der Waals surface area contributed by atoms with Crippen LogP contribution in [0.25, 0.3) is 11.0 Å². The van der Waals surface area contributed by atoms with Crippen molar-refractivity contribution < 1.29 is 13.6 Å². The molecule has 136 valence electrons. The van der Waals surface area contributed by atoms with Crippen molar-refractivity contribution in [2.24, 2.45) is 0 Å². The molecular weight excluding hydrogens is 380 g/mol. The first-order chi connectivity index (χ1) is 12.5. The van der Waals surface area contributed by atoms with Gasteiger partial charge in [-0.2, -0.15) is 8.78 Å². The number of rotatable bonds is 6. The molecular formula is C16H15F2N5OS2. The van der Waals surface area contributed by atoms with Gasteiger partial charge in [-0.1, -0.05) is 35.2 Å². The Labute approximate surface area is 156 Å². The van der Waals surface area contributed by atoms with Crippen LogP contribution in [0.15, 0.2) is 28.6 Å². The van der Waals surface area contributed by atoms with Crippen LogP contribution < -0.4 is 4.90 Å². The zero-order valence-electron chi connectivity index (χ0n) is 13.8. The van der Waals surface area contributed by atoms with E-state index in [1.54, 1.807) is 29.2 Å². The van der Waals surface area contributed by atoms with Crippen LogP contribution in [0.5, 0.6) is 0 Å². The molecule has 0 radical (unpaired) electrons. The summed E-state index contributed by atoms with van der Waals surface area (Å²) in [5, 5.41) is 8.74. The number of alkyl halides is 2. The summed E-state index contributed by atoms with van der Waals surface area (Å²) in [6.07, 6.45) is 1.94. The minimum Gasteiger partial charge on any atom is -0.284 e. The zero-order chi connectivity index (χ0) is 18.3. The molecule has 0 atom stereocenters. The summed E-state index contributed by atoms with van der Waals surface area (Å²) in [6, 6.07) is 7.04. The smallest absolute Gasteiger partial charge is 0.284 e. The van der Waals surface area contributed by atoms with Gasteiger partial charge in [-0.05, 0) is 25.0 Å². The Balaban J connectivity index is 1.54. The quantitative estimate of drug-likeness (QED) is 0.465. The van der Waals surface area contributed by atoms with Gasteiger partial charge < -0.3 is 0 Å². The number of benzene rings is 1. The molecule has 1 aliphatic carbocycles. The molecule has 2 aromatic heterocycles. The highest BCUT2D eigenvalue weighted by Crippen LogP contribution is 2.37. The first kappa shape index (κ1) is 17.3. The van der Waals surface area contributed by atoms with Crippen LogP contribution in [0.4, 0.5) is 13.9 Å². The Bertz CT molecular complexity index is 953. The van der Waals surface area contributed by atoms with E-state index in [1.807, 2.05) is 0 Å². The molecule has 1 saturated carbocycles. The largest absolute Gasteiger partial charge is 0.320 e. The molecule has 1 fully saturated rings. The molecule has 1 amide bonds. The third kappa shape index (κ3) is 3.30. The topological polar surface area (TPSA) is 63.9 Å². The van der Waals surface area contributed by atoms with E-state index in [0.717, 1.165) is 17.4 Å². The van der Waals surface area contributed by atoms with Gasteiger partial charge in [0.05, 0.1) is 16.8 Å². The third-order valence-electron chi connectivity index (χ3n) is 4.04. The number of hydrogen-bond acceptors (Lipinski definition) is 6. The first-order valence-electron chi connectivity index (χ1n) is 8.04. The minimum atomic E-state index is -2.66. The molecule has 0 N–H and O–H groups in total. The van der Waals surface area contributed by atoms with Gasteiger partial charge in [0.1, 0.15) is 5.82 Å². The van der Waals surface area contributed by atoms with E-state index in [2.05, 4.69) is 15.2 Å². The van der Waals surface area contributed by atoms with Crippen LogP contribution in [0.3, 0.4) is 0 Å². The molecule has 0 unspecified atom stereocenters. The van der Waals surface area contributed by atoms with Crippen molar-refractivity contribution in [1.82, 2.24) is 19.7 Å². The predicted octanol–water partition coefficient (Wildman–Crippen LogP) is 4.09. The van der Waals surface area contributed by atoms with Crippen LogP contribution in [-0.2, 0) is 10.5 Å². The van der Waals surface area contributed by atoms with Gasteiger partial charge in [-0.25, -0.2) is 4.98 Å². The monoisotopic (exact) mass is 395 g/mol. The maximum absolute atomic E-state index is 13.5. The van der Waals surface area contributed by atoms with E-state index in [9.17, 15) is 13.6 Å². The number of thioether (sulfide) groups is 1. The summed E-state index contributed by atoms with van der Waals surface area (Å²) in [4.78, 5) is 17.8. The van der Waals surface area contributed by atoms with Gasteiger partial charge in [-0.15, -0.1) is 10.2 Å². The van der Waals surface area contributed by atoms with Gasteiger partial charge in [0.15, 0.2) is 4.34 Å². The maximum atomic E-state index is 13.5. The van der Waals surface area contributed by atoms with Crippen molar-refractivity contribution in [3.05, 3.63) is 30.1 Å². The average Bonchev–Trinajstić information content (AvgIpc) is 3.18. The molecule has 0 saturated heterocycles. The highest BCUT2D eigenvalue weighted by Gasteiger charge is 2.34. The normalized spacial score (nSPS) is 14.3. The van der Waals surface area contributed by atoms with Crippen molar-refractivity contribution in [3.8, 4) is 0 Å². The van der Waals surface area contributed by atoms with E-state index in [4.69, 9.17) is 0 Å². The molecule has 2 heterocycles. The van der Waals surface area contributed by atoms with Crippen molar-refractivity contribution in [2.45, 2.75) is 42.4 Å². The molecule has 1 aliphatic rings. The number of nitrogens with zero attached hydrogens (tertiary/aromatic N) is 5. The molecule has 0 spiro atoms. The summed E-state index contributed by atoms with van der Waals surface area (Å²) < 4.78 is 28.5. The fourth-order valence-corrected chi connectivity index (χ4v) is 4.67. The van der Waals surface area contributed by atoms with E-state index in [-0.39, 0.29) is 23.5 Å². The number of hydrogen-bond donors (Lipinski definition) is 0. The Hall–Kier alpha value is -2.07. The minimum absolute atomic E-state index is 0.0558. The van der Waals surface area contributed by atoms with Crippen LogP contribution in [-0.4, -0.2) is 31.7 Å². The molecule has 10 heteroatoms. The van der Waals surface area contributed by atoms with Crippen molar-refractivity contribution in [1.29, 1.82) is 0 Å². The van der Waals surface area contributed by atoms with Crippen LogP contribution in [0.2, 0.25) is 0 Å². The van der Waals surface area contributed by atoms with Crippen LogP contribution in [0, 0.1) is 0 Å². The molecule has 4 rings (SSSR count). The lowest BCUT2D eigenvalue weighted by Gasteiger charge is -2.15. The van der Waals surface area contributed by atoms with Gasteiger partial charge in [-0.3, -0.25) is 14.3 Å². The average molecular weight is 395 g/mol. The number of fused-ring (bicyclic) bond motifs is 1. The number of halogens is 2. The maximum Gasteiger partial charge on any atom is 0.320 e. The fraction of sp³-hybridized carbons (Fsp3) is 0.375. The van der Waals surface area contributed by atoms with Crippen molar-refractivity contribution in [2.75, 3.05) is 4.90 Å². The molecule has 3 aromatic rings. The molecule has 6 nitrogen and oxygen atoms in total. The number of aromatic nitrogens is 4. The first-order valence-corrected chi connectivity index (χ1v) is 9.85. The predicted molar refractivity (Wildman–Crippen MR) is 96.6 cm³/mol. The summed E-state index contributed by atoms with van der Waals surface area (Å²) >= 11 is 2.59. The Morgan fingerprint density at radius 3 is 2.85 bits per heavy atom. The molecule has 26 heavy (non-hydrogen) atoms. The number of carbonyl (C=O) groups excluding carboxylic acids is 1. The SMILES string of the molecule is CC(=O)N(c1nnc(SCc2nc3ccccc3n2C(F)F)s1)C1CC1. The van der Waals surface area contributed by atoms with Gasteiger partial charge in [0.2, 0.25) is 11.0 Å². The van der Waals surface area contributed by atoms with Crippen molar-refractivity contribution in [3.63, 3.8) is 0 Å². The summed E-state index contributed by atoms with van der Waals surface area (Å²) in [7, 11) is 0. The highest BCUT2D eigenvalue weighted by molar-refractivity contribution is 8.00. The summed E-state index contributed by atoms with van der Waals surface area (Å²) in [5.41, 5.74) is 0.949. The molecule has 1 aromatic carbocycles. The third-order valence-corrected chi connectivity index (χ3v) is 6.09. The number of para-hydroxylation sites is 2. The fourth-order valence-electron chi connectivity index (χ4n) is 2.78. The summed E-state index contributed by atoms with van der Waals surface area (Å²) in [5.74, 6) is 0.477. The number of amides is 1. The second kappa shape index (κ2) is 6.92. The highest BCUT2D eigenvalue weighted by atomic mass is 32.2. The van der Waals surface area contributed by atoms with E-state index < -0.39 is 6.55 Å². The van der Waals surface area contributed by atoms with Gasteiger partial charge in [0.25, 0.3) is 0 Å². The Morgan fingerprint density at radius 2 is 2.15 bits per heavy atom. The Morgan fingerprint density at radius 1 is 1.38 bits per heavy atom. The number of anilines is 1. The second-order valence-electron chi connectivity index (χ2n) is 5.92. The lowest BCUT2D eigenvalue weighted by molar-refractivity contribution is -0.116. The van der Waals surface area contributed by atoms with Crippen molar-refractivity contribution >= 4 is 45.2 Å². The standard InChI is InChI=1S/C16H15F2N5OS2/c1-9(24)22(10-6-7-10)15-20-21-16(26-15)25-8-13-19-11-4-2-3-5-12(11)23(13)14(17)18/h2-5,10,14H,6-8H2,1H3. The Kier molecular flexibility index (Phi) is 4.62.